The van der Waals surface area contributed by atoms with Gasteiger partial charge in [0.25, 0.3) is 0 Å². The molecule has 1 heterocycles. The number of hydrogen-bond donors (Lipinski definition) is 0. The molecule has 0 radical (unpaired) electrons. The lowest BCUT2D eigenvalue weighted by Crippen LogP contribution is -2.30. The van der Waals surface area contributed by atoms with E-state index in [4.69, 9.17) is 36.2 Å². The molecular formula is C20H42O13P4S. The van der Waals surface area contributed by atoms with Gasteiger partial charge in [0, 0.05) is 0 Å². The Morgan fingerprint density at radius 2 is 0.842 bits per heavy atom. The molecule has 0 N–H and O–H groups in total. The third-order valence-electron chi connectivity index (χ3n) is 4.81. The van der Waals surface area contributed by atoms with Gasteiger partial charge in [0.05, 0.1) is 69.0 Å². The molecule has 13 nitrogen and oxygen atoms in total. The Hall–Kier alpha value is 0.490. The lowest BCUT2D eigenvalue weighted by Gasteiger charge is -2.33. The van der Waals surface area contributed by atoms with Gasteiger partial charge in [0.1, 0.15) is 10.3 Å². The van der Waals surface area contributed by atoms with Crippen molar-refractivity contribution in [2.24, 2.45) is 0 Å². The first-order chi connectivity index (χ1) is 17.9. The molecule has 0 bridgehead atoms. The Balaban J connectivity index is 4.41. The molecule has 0 aromatic heterocycles. The van der Waals surface area contributed by atoms with E-state index < -0.39 is 61.8 Å². The van der Waals surface area contributed by atoms with E-state index in [0.29, 0.717) is 0 Å². The van der Waals surface area contributed by atoms with Gasteiger partial charge in [-0.05, 0) is 55.4 Å². The van der Waals surface area contributed by atoms with Gasteiger partial charge in [-0.3, -0.25) is 22.5 Å². The van der Waals surface area contributed by atoms with Gasteiger partial charge in [-0.25, -0.2) is 0 Å². The van der Waals surface area contributed by atoms with Gasteiger partial charge >= 0.3 is 30.4 Å². The van der Waals surface area contributed by atoms with Crippen LogP contribution < -0.4 is 0 Å². The first-order valence-corrected chi connectivity index (χ1v) is 20.1. The number of hydrogen-bond acceptors (Lipinski definition) is 13. The predicted octanol–water partition coefficient (Wildman–Crippen LogP) is 6.68. The Bertz CT molecular complexity index is 977. The van der Waals surface area contributed by atoms with Crippen molar-refractivity contribution in [1.82, 2.24) is 0 Å². The maximum Gasteiger partial charge on any atom is 0.370 e. The molecule has 1 aliphatic heterocycles. The molecule has 0 saturated heterocycles. The van der Waals surface area contributed by atoms with Crippen molar-refractivity contribution in [3.8, 4) is 0 Å². The predicted molar refractivity (Wildman–Crippen MR) is 146 cm³/mol. The standard InChI is InChI=1S/C20H42O13P4S/c1-9-26-34(21,27-10-2)17-18(35(22,28-11-3)29-12-4)20(37(24,32-15-7)33-16-8)38(25)19(17)36(23,30-13-5)31-14-6/h17,19H,9-16H2,1-8H3/t17-,19-,38?/m0/s1. The molecule has 38 heavy (non-hydrogen) atoms. The average molecular weight is 647 g/mol. The summed E-state index contributed by atoms with van der Waals surface area (Å²) in [6, 6.07) is 0. The molecule has 18 heteroatoms. The molecule has 3 atom stereocenters. The fourth-order valence-electron chi connectivity index (χ4n) is 3.83. The minimum atomic E-state index is -4.56. The zero-order valence-corrected chi connectivity index (χ0v) is 27.7. The molecule has 0 spiro atoms. The van der Waals surface area contributed by atoms with Crippen LogP contribution >= 0.6 is 30.4 Å². The van der Waals surface area contributed by atoms with E-state index in [0.717, 1.165) is 0 Å². The number of rotatable bonds is 20. The molecule has 0 aliphatic carbocycles. The highest BCUT2D eigenvalue weighted by molar-refractivity contribution is 8.05. The Kier molecular flexibility index (Phi) is 15.6. The highest BCUT2D eigenvalue weighted by Gasteiger charge is 2.68. The van der Waals surface area contributed by atoms with Crippen molar-refractivity contribution in [3.05, 3.63) is 9.96 Å². The van der Waals surface area contributed by atoms with E-state index in [9.17, 15) is 22.5 Å². The molecular weight excluding hydrogens is 604 g/mol. The maximum atomic E-state index is 14.4. The van der Waals surface area contributed by atoms with Crippen LogP contribution in [0, 0.1) is 0 Å². The van der Waals surface area contributed by atoms with Crippen LogP contribution in [0.1, 0.15) is 55.4 Å². The summed E-state index contributed by atoms with van der Waals surface area (Å²) in [5.41, 5.74) is -1.82. The van der Waals surface area contributed by atoms with Crippen LogP contribution in [0.25, 0.3) is 0 Å². The Morgan fingerprint density at radius 3 is 1.18 bits per heavy atom. The third kappa shape index (κ3) is 7.86. The first-order valence-electron chi connectivity index (χ1n) is 12.6. The van der Waals surface area contributed by atoms with Crippen molar-refractivity contribution in [2.45, 2.75) is 66.0 Å². The third-order valence-corrected chi connectivity index (χ3v) is 18.5. The summed E-state index contributed by atoms with van der Waals surface area (Å²) in [5, 5.41) is -0.542. The van der Waals surface area contributed by atoms with Gasteiger partial charge in [0.15, 0.2) is 4.99 Å². The Labute approximate surface area is 228 Å². The quantitative estimate of drug-likeness (QED) is 0.129. The summed E-state index contributed by atoms with van der Waals surface area (Å²) in [6.07, 6.45) is 0. The molecule has 0 aromatic carbocycles. The molecule has 0 saturated carbocycles. The van der Waals surface area contributed by atoms with Crippen molar-refractivity contribution in [1.29, 1.82) is 0 Å². The molecule has 226 valence electrons. The monoisotopic (exact) mass is 646 g/mol. The van der Waals surface area contributed by atoms with Crippen molar-refractivity contribution in [3.63, 3.8) is 0 Å². The first kappa shape index (κ1) is 36.5. The van der Waals surface area contributed by atoms with Gasteiger partial charge in [-0.15, -0.1) is 0 Å². The second kappa shape index (κ2) is 16.2. The number of allylic oxidation sites excluding steroid dienone is 1. The van der Waals surface area contributed by atoms with Crippen LogP contribution in [0.15, 0.2) is 9.96 Å². The highest BCUT2D eigenvalue weighted by atomic mass is 32.2. The van der Waals surface area contributed by atoms with Crippen LogP contribution in [-0.4, -0.2) is 67.7 Å². The maximum absolute atomic E-state index is 14.4. The largest absolute Gasteiger partial charge is 0.370 e. The van der Waals surface area contributed by atoms with Gasteiger partial charge in [-0.1, -0.05) is 0 Å². The van der Waals surface area contributed by atoms with Crippen LogP contribution in [0.5, 0.6) is 0 Å². The van der Waals surface area contributed by atoms with Gasteiger partial charge < -0.3 is 36.2 Å². The molecule has 0 amide bonds. The van der Waals surface area contributed by atoms with Crippen LogP contribution in [0.3, 0.4) is 0 Å². The average Bonchev–Trinajstić information content (AvgIpc) is 3.16. The lowest BCUT2D eigenvalue weighted by atomic mass is 10.4. The van der Waals surface area contributed by atoms with Crippen LogP contribution in [0.2, 0.25) is 0 Å². The SMILES string of the molecule is CCOP(=O)(OCC)C1=C(P(=O)(OCC)OCC)S(=O)[C@H](P(=O)(OCC)OCC)[C@H]1P(=O)(OCC)OCC. The molecule has 1 unspecified atom stereocenters. The fraction of sp³-hybridized carbons (Fsp3) is 0.900. The minimum absolute atomic E-state index is 0.140. The van der Waals surface area contributed by atoms with E-state index >= 15 is 0 Å². The summed E-state index contributed by atoms with van der Waals surface area (Å²) >= 11 is 0. The van der Waals surface area contributed by atoms with Crippen LogP contribution in [-0.2, 0) is 65.2 Å². The summed E-state index contributed by atoms with van der Waals surface area (Å²) in [7, 11) is -20.7. The lowest BCUT2D eigenvalue weighted by molar-refractivity contribution is 0.201. The van der Waals surface area contributed by atoms with E-state index in [-0.39, 0.29) is 52.9 Å². The molecule has 1 rings (SSSR count). The topological polar surface area (TPSA) is 159 Å². The smallest absolute Gasteiger partial charge is 0.308 e. The van der Waals surface area contributed by atoms with E-state index in [1.54, 1.807) is 0 Å². The van der Waals surface area contributed by atoms with E-state index in [2.05, 4.69) is 0 Å². The van der Waals surface area contributed by atoms with E-state index in [1.807, 2.05) is 0 Å². The van der Waals surface area contributed by atoms with Crippen LogP contribution in [0.4, 0.5) is 0 Å². The van der Waals surface area contributed by atoms with E-state index in [1.165, 1.54) is 55.4 Å². The second-order valence-corrected chi connectivity index (χ2v) is 17.7. The normalized spacial score (nSPS) is 21.4. The molecule has 0 fully saturated rings. The zero-order valence-electron chi connectivity index (χ0n) is 23.3. The molecule has 1 aliphatic rings. The van der Waals surface area contributed by atoms with Gasteiger partial charge in [0.2, 0.25) is 0 Å². The second-order valence-electron chi connectivity index (χ2n) is 7.24. The fourth-order valence-corrected chi connectivity index (χ4v) is 19.1. The van der Waals surface area contributed by atoms with Crippen molar-refractivity contribution >= 4 is 41.2 Å². The summed E-state index contributed by atoms with van der Waals surface area (Å²) in [6.45, 7) is 11.1. The Morgan fingerprint density at radius 1 is 0.526 bits per heavy atom. The van der Waals surface area contributed by atoms with Gasteiger partial charge in [-0.2, -0.15) is 0 Å². The summed E-state index contributed by atoms with van der Waals surface area (Å²) in [5.74, 6) is 0. The zero-order chi connectivity index (χ0) is 29.2. The highest BCUT2D eigenvalue weighted by Crippen LogP contribution is 2.80. The molecule has 0 aromatic rings. The van der Waals surface area contributed by atoms with Crippen molar-refractivity contribution in [2.75, 3.05) is 52.9 Å². The minimum Gasteiger partial charge on any atom is -0.308 e. The summed E-state index contributed by atoms with van der Waals surface area (Å²) in [4.78, 5) is -1.82. The summed E-state index contributed by atoms with van der Waals surface area (Å²) < 4.78 is 115. The van der Waals surface area contributed by atoms with Crippen molar-refractivity contribution < 1.29 is 58.7 Å².